The van der Waals surface area contributed by atoms with Crippen molar-refractivity contribution in [3.05, 3.63) is 0 Å². The smallest absolute Gasteiger partial charge is 0.00667 e. The van der Waals surface area contributed by atoms with E-state index in [2.05, 4.69) is 26.2 Å². The molecule has 15 heavy (non-hydrogen) atoms. The Bertz CT molecular complexity index is 155. The van der Waals surface area contributed by atoms with E-state index in [-0.39, 0.29) is 0 Å². The molecule has 0 heterocycles. The Labute approximate surface area is 96.0 Å². The number of nitrogens with one attached hydrogen (secondary N) is 1. The van der Waals surface area contributed by atoms with E-state index >= 15 is 0 Å². The van der Waals surface area contributed by atoms with Gasteiger partial charge in [-0.1, -0.05) is 46.0 Å². The zero-order valence-corrected chi connectivity index (χ0v) is 10.9. The normalized spacial score (nSPS) is 29.8. The summed E-state index contributed by atoms with van der Waals surface area (Å²) in [6.07, 6.45) is 11.4. The Kier molecular flexibility index (Phi) is 6.31. The summed E-state index contributed by atoms with van der Waals surface area (Å²) in [4.78, 5) is 0. The Morgan fingerprint density at radius 1 is 1.27 bits per heavy atom. The first-order valence-electron chi connectivity index (χ1n) is 6.93. The van der Waals surface area contributed by atoms with Crippen LogP contribution in [-0.4, -0.2) is 13.1 Å². The van der Waals surface area contributed by atoms with Crippen LogP contribution in [0, 0.1) is 11.8 Å². The van der Waals surface area contributed by atoms with Gasteiger partial charge in [0.1, 0.15) is 0 Å². The van der Waals surface area contributed by atoms with Crippen LogP contribution in [0.5, 0.6) is 0 Å². The second kappa shape index (κ2) is 7.27. The highest BCUT2D eigenvalue weighted by molar-refractivity contribution is 4.76. The molecule has 90 valence electrons. The SMILES string of the molecule is CCCC(C)CC1CCCCC(NC)C1. The fraction of sp³-hybridized carbons (Fsp3) is 1.00. The van der Waals surface area contributed by atoms with Crippen LogP contribution in [-0.2, 0) is 0 Å². The summed E-state index contributed by atoms with van der Waals surface area (Å²) < 4.78 is 0. The fourth-order valence-corrected chi connectivity index (χ4v) is 3.12. The highest BCUT2D eigenvalue weighted by atomic mass is 14.9. The first kappa shape index (κ1) is 13.0. The molecule has 0 amide bonds. The van der Waals surface area contributed by atoms with Gasteiger partial charge in [0.2, 0.25) is 0 Å². The Hall–Kier alpha value is -0.0400. The van der Waals surface area contributed by atoms with Gasteiger partial charge in [-0.25, -0.2) is 0 Å². The molecular formula is C14H29N. The third kappa shape index (κ3) is 5.01. The van der Waals surface area contributed by atoms with Crippen molar-refractivity contribution in [3.8, 4) is 0 Å². The van der Waals surface area contributed by atoms with E-state index in [0.29, 0.717) is 0 Å². The van der Waals surface area contributed by atoms with E-state index in [0.717, 1.165) is 17.9 Å². The molecule has 1 heteroatoms. The molecule has 1 fully saturated rings. The molecule has 1 N–H and O–H groups in total. The van der Waals surface area contributed by atoms with Crippen LogP contribution < -0.4 is 5.32 Å². The van der Waals surface area contributed by atoms with E-state index < -0.39 is 0 Å². The monoisotopic (exact) mass is 211 g/mol. The maximum absolute atomic E-state index is 3.48. The fourth-order valence-electron chi connectivity index (χ4n) is 3.12. The largest absolute Gasteiger partial charge is 0.317 e. The van der Waals surface area contributed by atoms with E-state index in [1.54, 1.807) is 0 Å². The second-order valence-electron chi connectivity index (χ2n) is 5.50. The van der Waals surface area contributed by atoms with Crippen molar-refractivity contribution in [2.24, 2.45) is 11.8 Å². The minimum absolute atomic E-state index is 0.798. The van der Waals surface area contributed by atoms with E-state index in [9.17, 15) is 0 Å². The molecule has 1 saturated carbocycles. The average molecular weight is 211 g/mol. The molecule has 3 unspecified atom stereocenters. The zero-order chi connectivity index (χ0) is 11.1. The van der Waals surface area contributed by atoms with Crippen molar-refractivity contribution in [2.45, 2.75) is 71.3 Å². The summed E-state index contributed by atoms with van der Waals surface area (Å²) in [6.45, 7) is 4.74. The molecule has 3 atom stereocenters. The standard InChI is InChI=1S/C14H29N/c1-4-7-12(2)10-13-8-5-6-9-14(11-13)15-3/h12-15H,4-11H2,1-3H3. The molecule has 0 aromatic carbocycles. The highest BCUT2D eigenvalue weighted by Gasteiger charge is 2.20. The summed E-state index contributed by atoms with van der Waals surface area (Å²) >= 11 is 0. The van der Waals surface area contributed by atoms with Crippen LogP contribution in [0.15, 0.2) is 0 Å². The van der Waals surface area contributed by atoms with Gasteiger partial charge in [-0.3, -0.25) is 0 Å². The maximum Gasteiger partial charge on any atom is 0.00667 e. The van der Waals surface area contributed by atoms with Crippen LogP contribution in [0.1, 0.15) is 65.2 Å². The Balaban J connectivity index is 2.31. The molecule has 1 rings (SSSR count). The molecular weight excluding hydrogens is 182 g/mol. The zero-order valence-electron chi connectivity index (χ0n) is 10.9. The molecule has 0 bridgehead atoms. The lowest BCUT2D eigenvalue weighted by atomic mass is 9.87. The summed E-state index contributed by atoms with van der Waals surface area (Å²) in [7, 11) is 2.13. The minimum atomic E-state index is 0.798. The molecule has 0 aromatic heterocycles. The highest BCUT2D eigenvalue weighted by Crippen LogP contribution is 2.29. The molecule has 0 saturated heterocycles. The van der Waals surface area contributed by atoms with Gasteiger partial charge in [-0.05, 0) is 38.1 Å². The van der Waals surface area contributed by atoms with Crippen molar-refractivity contribution in [2.75, 3.05) is 7.05 Å². The van der Waals surface area contributed by atoms with Gasteiger partial charge in [-0.15, -0.1) is 0 Å². The number of rotatable bonds is 5. The predicted octanol–water partition coefficient (Wildman–Crippen LogP) is 3.98. The maximum atomic E-state index is 3.48. The summed E-state index contributed by atoms with van der Waals surface area (Å²) in [5, 5.41) is 3.48. The summed E-state index contributed by atoms with van der Waals surface area (Å²) in [5.41, 5.74) is 0. The molecule has 0 spiro atoms. The topological polar surface area (TPSA) is 12.0 Å². The van der Waals surface area contributed by atoms with E-state index in [1.807, 2.05) is 0 Å². The van der Waals surface area contributed by atoms with Crippen molar-refractivity contribution in [1.29, 1.82) is 0 Å². The minimum Gasteiger partial charge on any atom is -0.317 e. The lowest BCUT2D eigenvalue weighted by molar-refractivity contribution is 0.319. The third-order valence-electron chi connectivity index (χ3n) is 3.96. The molecule has 1 aliphatic rings. The van der Waals surface area contributed by atoms with E-state index in [1.165, 1.54) is 51.4 Å². The van der Waals surface area contributed by atoms with Gasteiger partial charge in [0.05, 0.1) is 0 Å². The second-order valence-corrected chi connectivity index (χ2v) is 5.50. The predicted molar refractivity (Wildman–Crippen MR) is 68.1 cm³/mol. The van der Waals surface area contributed by atoms with Gasteiger partial charge < -0.3 is 5.32 Å². The van der Waals surface area contributed by atoms with Gasteiger partial charge in [-0.2, -0.15) is 0 Å². The first-order chi connectivity index (χ1) is 7.26. The lowest BCUT2D eigenvalue weighted by Gasteiger charge is -2.22. The summed E-state index contributed by atoms with van der Waals surface area (Å²) in [5.74, 6) is 1.93. The Morgan fingerprint density at radius 2 is 2.00 bits per heavy atom. The number of hydrogen-bond acceptors (Lipinski definition) is 1. The number of hydrogen-bond donors (Lipinski definition) is 1. The average Bonchev–Trinajstić information content (AvgIpc) is 2.43. The van der Waals surface area contributed by atoms with Crippen LogP contribution in [0.2, 0.25) is 0 Å². The first-order valence-corrected chi connectivity index (χ1v) is 6.93. The van der Waals surface area contributed by atoms with Gasteiger partial charge in [0, 0.05) is 6.04 Å². The van der Waals surface area contributed by atoms with Crippen LogP contribution in [0.3, 0.4) is 0 Å². The third-order valence-corrected chi connectivity index (χ3v) is 3.96. The van der Waals surface area contributed by atoms with Crippen LogP contribution >= 0.6 is 0 Å². The molecule has 0 aliphatic heterocycles. The molecule has 0 radical (unpaired) electrons. The van der Waals surface area contributed by atoms with Gasteiger partial charge in [0.25, 0.3) is 0 Å². The van der Waals surface area contributed by atoms with Gasteiger partial charge in [0.15, 0.2) is 0 Å². The molecule has 1 nitrogen and oxygen atoms in total. The van der Waals surface area contributed by atoms with Crippen molar-refractivity contribution < 1.29 is 0 Å². The van der Waals surface area contributed by atoms with Crippen LogP contribution in [0.4, 0.5) is 0 Å². The molecule has 1 aliphatic carbocycles. The van der Waals surface area contributed by atoms with Gasteiger partial charge >= 0.3 is 0 Å². The molecule has 0 aromatic rings. The quantitative estimate of drug-likeness (QED) is 0.678. The van der Waals surface area contributed by atoms with Crippen molar-refractivity contribution >= 4 is 0 Å². The van der Waals surface area contributed by atoms with Crippen molar-refractivity contribution in [3.63, 3.8) is 0 Å². The Morgan fingerprint density at radius 3 is 2.67 bits per heavy atom. The van der Waals surface area contributed by atoms with E-state index in [4.69, 9.17) is 0 Å². The van der Waals surface area contributed by atoms with Crippen molar-refractivity contribution in [1.82, 2.24) is 5.32 Å². The van der Waals surface area contributed by atoms with Crippen LogP contribution in [0.25, 0.3) is 0 Å². The summed E-state index contributed by atoms with van der Waals surface area (Å²) in [6, 6.07) is 0.798. The lowest BCUT2D eigenvalue weighted by Crippen LogP contribution is -2.26.